The number of amides is 1. The predicted molar refractivity (Wildman–Crippen MR) is 84.2 cm³/mol. The van der Waals surface area contributed by atoms with Gasteiger partial charge in [0.05, 0.1) is 5.25 Å². The molecule has 0 saturated carbocycles. The highest BCUT2D eigenvalue weighted by atomic mass is 32.2. The van der Waals surface area contributed by atoms with Gasteiger partial charge in [-0.05, 0) is 18.6 Å². The van der Waals surface area contributed by atoms with Crippen LogP contribution in [0.5, 0.6) is 0 Å². The molecule has 2 N–H and O–H groups in total. The molecule has 0 aliphatic carbocycles. The zero-order chi connectivity index (χ0) is 14.1. The smallest absolute Gasteiger partial charge is 0.240 e. The lowest BCUT2D eigenvalue weighted by Gasteiger charge is -2.14. The normalized spacial score (nSPS) is 22.4. The number of hydrogen-bond acceptors (Lipinski definition) is 3. The molecule has 20 heavy (non-hydrogen) atoms. The Balaban J connectivity index is 1.91. The van der Waals surface area contributed by atoms with Crippen LogP contribution < -0.4 is 5.32 Å². The van der Waals surface area contributed by atoms with E-state index in [2.05, 4.69) is 34.3 Å². The third-order valence-corrected chi connectivity index (χ3v) is 4.93. The van der Waals surface area contributed by atoms with Gasteiger partial charge in [0.1, 0.15) is 0 Å². The van der Waals surface area contributed by atoms with Gasteiger partial charge in [-0.15, -0.1) is 0 Å². The number of benzene rings is 1. The molecule has 1 aromatic heterocycles. The lowest BCUT2D eigenvalue weighted by molar-refractivity contribution is -0.119. The highest BCUT2D eigenvalue weighted by Gasteiger charge is 2.35. The number of thioether (sulfide) groups is 1. The van der Waals surface area contributed by atoms with Crippen molar-refractivity contribution in [3.63, 3.8) is 0 Å². The van der Waals surface area contributed by atoms with Gasteiger partial charge in [-0.25, -0.2) is 0 Å². The minimum atomic E-state index is -0.112. The van der Waals surface area contributed by atoms with E-state index in [-0.39, 0.29) is 17.1 Å². The Bertz CT molecular complexity index is 677. The fourth-order valence-corrected chi connectivity index (χ4v) is 3.68. The summed E-state index contributed by atoms with van der Waals surface area (Å²) in [5.74, 6) is 0.195. The molecule has 4 nitrogen and oxygen atoms in total. The molecule has 5 heteroatoms. The summed E-state index contributed by atoms with van der Waals surface area (Å²) in [5, 5.41) is 4.68. The SMILES string of the molecule is CCN=C1NC(=O)C(C(C)c2c[nH]c3ccccc23)S1. The molecular weight excluding hydrogens is 270 g/mol. The van der Waals surface area contributed by atoms with Crippen molar-refractivity contribution in [1.82, 2.24) is 10.3 Å². The van der Waals surface area contributed by atoms with Crippen molar-refractivity contribution in [1.29, 1.82) is 0 Å². The van der Waals surface area contributed by atoms with E-state index in [0.29, 0.717) is 6.54 Å². The average molecular weight is 287 g/mol. The number of aromatic nitrogens is 1. The van der Waals surface area contributed by atoms with Crippen molar-refractivity contribution in [2.24, 2.45) is 4.99 Å². The van der Waals surface area contributed by atoms with E-state index in [9.17, 15) is 4.79 Å². The summed E-state index contributed by atoms with van der Waals surface area (Å²) in [5.41, 5.74) is 2.30. The number of aliphatic imine (C=N–C) groups is 1. The van der Waals surface area contributed by atoms with Gasteiger partial charge in [-0.1, -0.05) is 36.9 Å². The first-order chi connectivity index (χ1) is 9.70. The number of H-pyrrole nitrogens is 1. The highest BCUT2D eigenvalue weighted by Crippen LogP contribution is 2.35. The Kier molecular flexibility index (Phi) is 3.53. The van der Waals surface area contributed by atoms with Crippen molar-refractivity contribution in [3.8, 4) is 0 Å². The summed E-state index contributed by atoms with van der Waals surface area (Å²) in [6, 6.07) is 8.18. The predicted octanol–water partition coefficient (Wildman–Crippen LogP) is 2.88. The molecule has 1 aromatic carbocycles. The third-order valence-electron chi connectivity index (χ3n) is 3.59. The Hall–Kier alpha value is -1.75. The van der Waals surface area contributed by atoms with Crippen LogP contribution in [0.3, 0.4) is 0 Å². The first-order valence-electron chi connectivity index (χ1n) is 6.78. The van der Waals surface area contributed by atoms with Gasteiger partial charge in [0, 0.05) is 29.6 Å². The summed E-state index contributed by atoms with van der Waals surface area (Å²) in [6.45, 7) is 4.76. The topological polar surface area (TPSA) is 57.2 Å². The molecule has 1 aliphatic heterocycles. The molecule has 0 radical (unpaired) electrons. The van der Waals surface area contributed by atoms with E-state index in [1.165, 1.54) is 22.7 Å². The molecule has 2 heterocycles. The van der Waals surface area contributed by atoms with Crippen LogP contribution in [0.15, 0.2) is 35.5 Å². The van der Waals surface area contributed by atoms with Gasteiger partial charge in [0.25, 0.3) is 0 Å². The molecule has 2 aromatic rings. The van der Waals surface area contributed by atoms with Crippen LogP contribution in [0, 0.1) is 0 Å². The molecule has 1 amide bonds. The number of carbonyl (C=O) groups excluding carboxylic acids is 1. The fraction of sp³-hybridized carbons (Fsp3) is 0.333. The number of amidine groups is 1. The number of hydrogen-bond donors (Lipinski definition) is 2. The van der Waals surface area contributed by atoms with Gasteiger partial charge < -0.3 is 10.3 Å². The number of carbonyl (C=O) groups is 1. The number of nitrogens with zero attached hydrogens (tertiary/aromatic N) is 1. The standard InChI is InChI=1S/C15H17N3OS/c1-3-16-15-18-14(19)13(20-15)9(2)11-8-17-12-7-5-4-6-10(11)12/h4-9,13,17H,3H2,1-2H3,(H,16,18,19). The second-order valence-corrected chi connectivity index (χ2v) is 6.02. The Morgan fingerprint density at radius 1 is 1.40 bits per heavy atom. The molecule has 2 unspecified atom stereocenters. The summed E-state index contributed by atoms with van der Waals surface area (Å²) < 4.78 is 0. The van der Waals surface area contributed by atoms with E-state index >= 15 is 0 Å². The van der Waals surface area contributed by atoms with E-state index in [4.69, 9.17) is 0 Å². The first-order valence-corrected chi connectivity index (χ1v) is 7.66. The maximum atomic E-state index is 12.1. The van der Waals surface area contributed by atoms with Crippen LogP contribution in [0.4, 0.5) is 0 Å². The Labute approximate surface area is 122 Å². The monoisotopic (exact) mass is 287 g/mol. The largest absolute Gasteiger partial charge is 0.361 e. The van der Waals surface area contributed by atoms with Crippen LogP contribution in [0.2, 0.25) is 0 Å². The lowest BCUT2D eigenvalue weighted by atomic mass is 9.96. The van der Waals surface area contributed by atoms with Crippen molar-refractivity contribution in [2.45, 2.75) is 25.0 Å². The summed E-state index contributed by atoms with van der Waals surface area (Å²) in [4.78, 5) is 19.7. The number of fused-ring (bicyclic) bond motifs is 1. The van der Waals surface area contributed by atoms with E-state index in [0.717, 1.165) is 10.7 Å². The fourth-order valence-electron chi connectivity index (χ4n) is 2.56. The number of para-hydroxylation sites is 1. The summed E-state index contributed by atoms with van der Waals surface area (Å²) in [7, 11) is 0. The van der Waals surface area contributed by atoms with Crippen molar-refractivity contribution < 1.29 is 4.79 Å². The molecule has 104 valence electrons. The molecule has 1 aliphatic rings. The third kappa shape index (κ3) is 2.22. The van der Waals surface area contributed by atoms with Gasteiger partial charge >= 0.3 is 0 Å². The number of rotatable bonds is 3. The van der Waals surface area contributed by atoms with Crippen LogP contribution >= 0.6 is 11.8 Å². The minimum absolute atomic E-state index is 0.0555. The molecule has 2 atom stereocenters. The van der Waals surface area contributed by atoms with Crippen molar-refractivity contribution >= 4 is 33.7 Å². The molecule has 1 fully saturated rings. The minimum Gasteiger partial charge on any atom is -0.361 e. The second-order valence-electron chi connectivity index (χ2n) is 4.89. The molecule has 0 spiro atoms. The van der Waals surface area contributed by atoms with Crippen LogP contribution in [0.1, 0.15) is 25.3 Å². The zero-order valence-electron chi connectivity index (χ0n) is 11.5. The van der Waals surface area contributed by atoms with Gasteiger partial charge in [-0.2, -0.15) is 0 Å². The second kappa shape index (κ2) is 5.32. The first kappa shape index (κ1) is 13.2. The van der Waals surface area contributed by atoms with Crippen molar-refractivity contribution in [3.05, 3.63) is 36.0 Å². The number of nitrogens with one attached hydrogen (secondary N) is 2. The van der Waals surface area contributed by atoms with E-state index in [1.807, 2.05) is 25.3 Å². The zero-order valence-corrected chi connectivity index (χ0v) is 12.3. The maximum Gasteiger partial charge on any atom is 0.240 e. The van der Waals surface area contributed by atoms with Crippen LogP contribution in [-0.4, -0.2) is 27.9 Å². The molecule has 0 bridgehead atoms. The average Bonchev–Trinajstić information content (AvgIpc) is 3.02. The summed E-state index contributed by atoms with van der Waals surface area (Å²) in [6.07, 6.45) is 2.01. The van der Waals surface area contributed by atoms with Gasteiger partial charge in [0.2, 0.25) is 5.91 Å². The maximum absolute atomic E-state index is 12.1. The van der Waals surface area contributed by atoms with E-state index < -0.39 is 0 Å². The Morgan fingerprint density at radius 2 is 2.20 bits per heavy atom. The quantitative estimate of drug-likeness (QED) is 0.912. The van der Waals surface area contributed by atoms with Crippen LogP contribution in [0.25, 0.3) is 10.9 Å². The lowest BCUT2D eigenvalue weighted by Crippen LogP contribution is -2.27. The Morgan fingerprint density at radius 3 is 3.00 bits per heavy atom. The highest BCUT2D eigenvalue weighted by molar-refractivity contribution is 8.15. The number of aromatic amines is 1. The molecule has 1 saturated heterocycles. The van der Waals surface area contributed by atoms with Crippen LogP contribution in [-0.2, 0) is 4.79 Å². The van der Waals surface area contributed by atoms with Gasteiger partial charge in [0.15, 0.2) is 5.17 Å². The van der Waals surface area contributed by atoms with Crippen molar-refractivity contribution in [2.75, 3.05) is 6.54 Å². The molecule has 3 rings (SSSR count). The van der Waals surface area contributed by atoms with E-state index in [1.54, 1.807) is 0 Å². The summed E-state index contributed by atoms with van der Waals surface area (Å²) >= 11 is 1.53. The van der Waals surface area contributed by atoms with Gasteiger partial charge in [-0.3, -0.25) is 9.79 Å². The molecular formula is C15H17N3OS.